The van der Waals surface area contributed by atoms with Crippen molar-refractivity contribution in [1.82, 2.24) is 0 Å². The Bertz CT molecular complexity index is 100. The molecule has 0 radical (unpaired) electrons. The summed E-state index contributed by atoms with van der Waals surface area (Å²) in [6.07, 6.45) is 1.44. The average Bonchev–Trinajstić information content (AvgIpc) is 2.11. The van der Waals surface area contributed by atoms with E-state index >= 15 is 0 Å². The van der Waals surface area contributed by atoms with Crippen molar-refractivity contribution in [3.8, 4) is 0 Å². The van der Waals surface area contributed by atoms with Crippen molar-refractivity contribution >= 4 is 8.32 Å². The van der Waals surface area contributed by atoms with Gasteiger partial charge in [-0.3, -0.25) is 0 Å². The molecule has 3 nitrogen and oxygen atoms in total. The van der Waals surface area contributed by atoms with Crippen LogP contribution < -0.4 is 0 Å². The lowest BCUT2D eigenvalue weighted by Gasteiger charge is -2.24. The Morgan fingerprint density at radius 1 is 1.00 bits per heavy atom. The van der Waals surface area contributed by atoms with Gasteiger partial charge in [0.15, 0.2) is 0 Å². The monoisotopic (exact) mass is 192 g/mol. The summed E-state index contributed by atoms with van der Waals surface area (Å²) in [6, 6.07) is 0. The third kappa shape index (κ3) is 4.87. The Morgan fingerprint density at radius 2 is 1.42 bits per heavy atom. The van der Waals surface area contributed by atoms with Gasteiger partial charge in [-0.05, 0) is 20.4 Å². The number of hydrogen-bond acceptors (Lipinski definition) is 3. The molecule has 0 bridgehead atoms. The summed E-state index contributed by atoms with van der Waals surface area (Å²) in [5, 5.41) is 0. The lowest BCUT2D eigenvalue weighted by atomic mass is 10.9. The molecule has 0 aliphatic rings. The molecule has 0 aliphatic heterocycles. The first-order chi connectivity index (χ1) is 5.68. The van der Waals surface area contributed by atoms with Crippen LogP contribution in [0, 0.1) is 0 Å². The van der Waals surface area contributed by atoms with E-state index in [-0.39, 0.29) is 0 Å². The summed E-state index contributed by atoms with van der Waals surface area (Å²) in [4.78, 5) is 0. The van der Waals surface area contributed by atoms with Crippen LogP contribution in [0.5, 0.6) is 0 Å². The van der Waals surface area contributed by atoms with Gasteiger partial charge in [0.2, 0.25) is 8.32 Å². The topological polar surface area (TPSA) is 27.7 Å². The van der Waals surface area contributed by atoms with E-state index in [2.05, 4.69) is 6.55 Å². The summed E-state index contributed by atoms with van der Waals surface area (Å²) in [6.45, 7) is 7.60. The third-order valence-corrected chi connectivity index (χ3v) is 4.33. The van der Waals surface area contributed by atoms with E-state index < -0.39 is 8.32 Å². The normalized spacial score (nSPS) is 12.0. The van der Waals surface area contributed by atoms with Crippen molar-refractivity contribution in [1.29, 1.82) is 0 Å². The number of hydrogen-bond donors (Lipinski definition) is 0. The van der Waals surface area contributed by atoms with E-state index in [9.17, 15) is 0 Å². The smallest absolute Gasteiger partial charge is 0.239 e. The molecule has 0 aromatic rings. The van der Waals surface area contributed by atoms with Crippen LogP contribution >= 0.6 is 0 Å². The second-order valence-corrected chi connectivity index (χ2v) is 6.81. The zero-order chi connectivity index (χ0) is 9.45. The molecule has 74 valence electrons. The molecule has 0 saturated heterocycles. The van der Waals surface area contributed by atoms with E-state index in [4.69, 9.17) is 13.9 Å². The van der Waals surface area contributed by atoms with Gasteiger partial charge in [0.1, 0.15) is 0 Å². The van der Waals surface area contributed by atoms with Crippen LogP contribution in [0.4, 0.5) is 0 Å². The predicted octanol–water partition coefficient (Wildman–Crippen LogP) is 1.36. The van der Waals surface area contributed by atoms with E-state index in [1.807, 2.05) is 13.8 Å². The molecule has 0 spiro atoms. The number of rotatable bonds is 7. The summed E-state index contributed by atoms with van der Waals surface area (Å²) in [5.41, 5.74) is 0. The minimum absolute atomic E-state index is 0.722. The summed E-state index contributed by atoms with van der Waals surface area (Å²) >= 11 is 0. The molecule has 0 saturated carbocycles. The second kappa shape index (κ2) is 6.60. The fourth-order valence-corrected chi connectivity index (χ4v) is 2.39. The minimum Gasteiger partial charge on any atom is -0.416 e. The standard InChI is InChI=1S/C8H20O3Si/c1-5-10-7-12(4,9-3)8-11-6-2/h5-8H2,1-4H3. The fraction of sp³-hybridized carbons (Fsp3) is 1.00. The molecule has 0 unspecified atom stereocenters. The van der Waals surface area contributed by atoms with Gasteiger partial charge >= 0.3 is 0 Å². The number of ether oxygens (including phenoxy) is 2. The second-order valence-electron chi connectivity index (χ2n) is 2.93. The third-order valence-electron chi connectivity index (χ3n) is 1.72. The maximum atomic E-state index is 5.43. The Morgan fingerprint density at radius 3 is 1.67 bits per heavy atom. The Balaban J connectivity index is 3.70. The maximum absolute atomic E-state index is 5.43. The maximum Gasteiger partial charge on any atom is 0.239 e. The molecule has 0 aliphatic carbocycles. The van der Waals surface area contributed by atoms with Crippen molar-refractivity contribution < 1.29 is 13.9 Å². The van der Waals surface area contributed by atoms with Crippen LogP contribution in [-0.4, -0.2) is 41.1 Å². The van der Waals surface area contributed by atoms with Crippen molar-refractivity contribution in [2.75, 3.05) is 32.8 Å². The van der Waals surface area contributed by atoms with Gasteiger partial charge < -0.3 is 13.9 Å². The van der Waals surface area contributed by atoms with Crippen LogP contribution in [0.3, 0.4) is 0 Å². The summed E-state index contributed by atoms with van der Waals surface area (Å²) < 4.78 is 16.1. The van der Waals surface area contributed by atoms with Crippen molar-refractivity contribution in [3.63, 3.8) is 0 Å². The van der Waals surface area contributed by atoms with E-state index in [1.165, 1.54) is 0 Å². The Labute approximate surface area is 76.1 Å². The average molecular weight is 192 g/mol. The van der Waals surface area contributed by atoms with E-state index in [0.717, 1.165) is 25.7 Å². The highest BCUT2D eigenvalue weighted by atomic mass is 28.4. The Kier molecular flexibility index (Phi) is 6.65. The highest BCUT2D eigenvalue weighted by Crippen LogP contribution is 2.04. The highest BCUT2D eigenvalue weighted by Gasteiger charge is 2.28. The molecule has 0 aromatic carbocycles. The molecular weight excluding hydrogens is 172 g/mol. The van der Waals surface area contributed by atoms with Crippen molar-refractivity contribution in [3.05, 3.63) is 0 Å². The summed E-state index contributed by atoms with van der Waals surface area (Å²) in [5.74, 6) is 0. The van der Waals surface area contributed by atoms with E-state index in [1.54, 1.807) is 7.11 Å². The van der Waals surface area contributed by atoms with Gasteiger partial charge in [-0.1, -0.05) is 0 Å². The fourth-order valence-electron chi connectivity index (χ4n) is 0.795. The molecule has 0 heterocycles. The van der Waals surface area contributed by atoms with Gasteiger partial charge in [-0.15, -0.1) is 0 Å². The Hall–Kier alpha value is 0.0969. The largest absolute Gasteiger partial charge is 0.416 e. The van der Waals surface area contributed by atoms with Crippen LogP contribution in [0.2, 0.25) is 6.55 Å². The zero-order valence-corrected chi connectivity index (χ0v) is 9.55. The summed E-state index contributed by atoms with van der Waals surface area (Å²) in [7, 11) is 0.0306. The van der Waals surface area contributed by atoms with Crippen LogP contribution in [0.15, 0.2) is 0 Å². The lowest BCUT2D eigenvalue weighted by Crippen LogP contribution is -2.45. The van der Waals surface area contributed by atoms with E-state index in [0.29, 0.717) is 0 Å². The molecule has 0 N–H and O–H groups in total. The SMILES string of the molecule is CCOC[Si](C)(COCC)OC. The van der Waals surface area contributed by atoms with Crippen LogP contribution in [0.1, 0.15) is 13.8 Å². The minimum atomic E-state index is -1.71. The molecule has 0 amide bonds. The molecular formula is C8H20O3Si. The first kappa shape index (κ1) is 12.1. The molecule has 0 rings (SSSR count). The lowest BCUT2D eigenvalue weighted by molar-refractivity contribution is 0.138. The van der Waals surface area contributed by atoms with Gasteiger partial charge in [0.25, 0.3) is 0 Å². The molecule has 0 fully saturated rings. The van der Waals surface area contributed by atoms with Gasteiger partial charge in [0.05, 0.1) is 12.5 Å². The highest BCUT2D eigenvalue weighted by molar-refractivity contribution is 6.72. The van der Waals surface area contributed by atoms with Crippen molar-refractivity contribution in [2.24, 2.45) is 0 Å². The zero-order valence-electron chi connectivity index (χ0n) is 8.55. The molecule has 4 heteroatoms. The van der Waals surface area contributed by atoms with Gasteiger partial charge in [-0.2, -0.15) is 0 Å². The first-order valence-corrected chi connectivity index (χ1v) is 7.21. The first-order valence-electron chi connectivity index (χ1n) is 4.39. The molecule has 0 aromatic heterocycles. The molecule has 0 atom stereocenters. The molecule has 12 heavy (non-hydrogen) atoms. The van der Waals surface area contributed by atoms with Gasteiger partial charge in [0, 0.05) is 20.3 Å². The van der Waals surface area contributed by atoms with Crippen LogP contribution in [0.25, 0.3) is 0 Å². The van der Waals surface area contributed by atoms with Crippen LogP contribution in [-0.2, 0) is 13.9 Å². The predicted molar refractivity (Wildman–Crippen MR) is 51.6 cm³/mol. The van der Waals surface area contributed by atoms with Crippen molar-refractivity contribution in [2.45, 2.75) is 20.4 Å². The van der Waals surface area contributed by atoms with Gasteiger partial charge in [-0.25, -0.2) is 0 Å². The quantitative estimate of drug-likeness (QED) is 0.570.